The first kappa shape index (κ1) is 13.9. The molecule has 16 heavy (non-hydrogen) atoms. The zero-order valence-electron chi connectivity index (χ0n) is 10.0. The summed E-state index contributed by atoms with van der Waals surface area (Å²) < 4.78 is 25.3. The second-order valence-corrected chi connectivity index (χ2v) is 6.61. The van der Waals surface area contributed by atoms with Crippen LogP contribution in [0, 0.1) is 5.92 Å². The molecule has 0 saturated carbocycles. The molecule has 1 saturated heterocycles. The lowest BCUT2D eigenvalue weighted by Crippen LogP contribution is -2.42. The summed E-state index contributed by atoms with van der Waals surface area (Å²) in [6.07, 6.45) is 2.01. The fourth-order valence-corrected chi connectivity index (χ4v) is 3.60. The molecule has 0 aromatic carbocycles. The first-order valence-corrected chi connectivity index (χ1v) is 7.35. The summed E-state index contributed by atoms with van der Waals surface area (Å²) in [5.74, 6) is 0.382. The van der Waals surface area contributed by atoms with Gasteiger partial charge in [-0.2, -0.15) is 4.31 Å². The fourth-order valence-electron chi connectivity index (χ4n) is 1.87. The molecule has 0 aromatic rings. The normalized spacial score (nSPS) is 24.6. The average Bonchev–Trinajstić information content (AvgIpc) is 2.27. The SMILES string of the molecule is CC(CO)N(C)S(=O)(=O)CC1CCCNC1. The molecule has 96 valence electrons. The minimum Gasteiger partial charge on any atom is -0.395 e. The first-order chi connectivity index (χ1) is 7.47. The van der Waals surface area contributed by atoms with Crippen molar-refractivity contribution in [2.24, 2.45) is 5.92 Å². The lowest BCUT2D eigenvalue weighted by molar-refractivity contribution is 0.213. The average molecular weight is 250 g/mol. The Hall–Kier alpha value is -0.170. The summed E-state index contributed by atoms with van der Waals surface area (Å²) in [5.41, 5.74) is 0. The molecule has 1 rings (SSSR count). The number of nitrogens with one attached hydrogen (secondary N) is 1. The summed E-state index contributed by atoms with van der Waals surface area (Å²) in [5, 5.41) is 12.2. The maximum Gasteiger partial charge on any atom is 0.214 e. The molecule has 2 N–H and O–H groups in total. The first-order valence-electron chi connectivity index (χ1n) is 5.74. The molecule has 0 bridgehead atoms. The quantitative estimate of drug-likeness (QED) is 0.698. The summed E-state index contributed by atoms with van der Waals surface area (Å²) in [6.45, 7) is 3.33. The standard InChI is InChI=1S/C10H22N2O3S/c1-9(7-13)12(2)16(14,15)8-10-4-3-5-11-6-10/h9-11,13H,3-8H2,1-2H3. The molecule has 1 aliphatic rings. The van der Waals surface area contributed by atoms with Crippen LogP contribution in [-0.4, -0.2) is 56.4 Å². The van der Waals surface area contributed by atoms with E-state index in [-0.39, 0.29) is 24.3 Å². The van der Waals surface area contributed by atoms with Crippen LogP contribution < -0.4 is 5.32 Å². The number of rotatable bonds is 5. The Morgan fingerprint density at radius 3 is 2.75 bits per heavy atom. The van der Waals surface area contributed by atoms with E-state index in [2.05, 4.69) is 5.32 Å². The molecular formula is C10H22N2O3S. The Bertz CT molecular complexity index is 299. The topological polar surface area (TPSA) is 69.6 Å². The van der Waals surface area contributed by atoms with Crippen LogP contribution >= 0.6 is 0 Å². The maximum atomic E-state index is 12.0. The van der Waals surface area contributed by atoms with Gasteiger partial charge in [0.2, 0.25) is 10.0 Å². The Morgan fingerprint density at radius 2 is 2.25 bits per heavy atom. The lowest BCUT2D eigenvalue weighted by atomic mass is 10.0. The number of aliphatic hydroxyl groups is 1. The van der Waals surface area contributed by atoms with E-state index >= 15 is 0 Å². The van der Waals surface area contributed by atoms with E-state index < -0.39 is 10.0 Å². The molecule has 1 fully saturated rings. The fraction of sp³-hybridized carbons (Fsp3) is 1.00. The van der Waals surface area contributed by atoms with Gasteiger partial charge in [0.1, 0.15) is 0 Å². The van der Waals surface area contributed by atoms with Gasteiger partial charge in [-0.15, -0.1) is 0 Å². The van der Waals surface area contributed by atoms with E-state index in [4.69, 9.17) is 5.11 Å². The molecule has 0 amide bonds. The van der Waals surface area contributed by atoms with E-state index in [9.17, 15) is 8.42 Å². The third kappa shape index (κ3) is 3.69. The Balaban J connectivity index is 2.56. The van der Waals surface area contributed by atoms with Crippen LogP contribution in [0.2, 0.25) is 0 Å². The minimum absolute atomic E-state index is 0.140. The maximum absolute atomic E-state index is 12.0. The van der Waals surface area contributed by atoms with Crippen LogP contribution in [0.15, 0.2) is 0 Å². The molecule has 2 atom stereocenters. The molecule has 0 aliphatic carbocycles. The van der Waals surface area contributed by atoms with E-state index in [1.807, 2.05) is 0 Å². The second kappa shape index (κ2) is 5.95. The molecule has 0 aromatic heterocycles. The van der Waals surface area contributed by atoms with Crippen LogP contribution in [0.5, 0.6) is 0 Å². The van der Waals surface area contributed by atoms with Crippen LogP contribution in [-0.2, 0) is 10.0 Å². The number of likely N-dealkylation sites (N-methyl/N-ethyl adjacent to an activating group) is 1. The summed E-state index contributed by atoms with van der Waals surface area (Å²) in [4.78, 5) is 0. The van der Waals surface area contributed by atoms with Crippen LogP contribution in [0.4, 0.5) is 0 Å². The van der Waals surface area contributed by atoms with Gasteiger partial charge in [0.25, 0.3) is 0 Å². The molecule has 0 spiro atoms. The van der Waals surface area contributed by atoms with Crippen molar-refractivity contribution in [2.45, 2.75) is 25.8 Å². The number of hydrogen-bond donors (Lipinski definition) is 2. The van der Waals surface area contributed by atoms with Gasteiger partial charge < -0.3 is 10.4 Å². The van der Waals surface area contributed by atoms with Gasteiger partial charge >= 0.3 is 0 Å². The van der Waals surface area contributed by atoms with E-state index in [0.717, 1.165) is 25.9 Å². The van der Waals surface area contributed by atoms with Crippen LogP contribution in [0.3, 0.4) is 0 Å². The molecule has 1 aliphatic heterocycles. The Labute approximate surface area is 97.9 Å². The predicted octanol–water partition coefficient (Wildman–Crippen LogP) is -0.372. The smallest absolute Gasteiger partial charge is 0.214 e. The van der Waals surface area contributed by atoms with E-state index in [0.29, 0.717) is 0 Å². The zero-order valence-corrected chi connectivity index (χ0v) is 10.8. The minimum atomic E-state index is -3.24. The van der Waals surface area contributed by atoms with Gasteiger partial charge in [-0.3, -0.25) is 0 Å². The number of piperidine rings is 1. The highest BCUT2D eigenvalue weighted by Crippen LogP contribution is 2.15. The third-order valence-electron chi connectivity index (χ3n) is 3.17. The van der Waals surface area contributed by atoms with E-state index in [1.54, 1.807) is 6.92 Å². The monoisotopic (exact) mass is 250 g/mol. The molecule has 6 heteroatoms. The van der Waals surface area contributed by atoms with Gasteiger partial charge in [-0.1, -0.05) is 0 Å². The summed E-state index contributed by atoms with van der Waals surface area (Å²) >= 11 is 0. The third-order valence-corrected chi connectivity index (χ3v) is 5.30. The number of aliphatic hydroxyl groups excluding tert-OH is 1. The number of hydrogen-bond acceptors (Lipinski definition) is 4. The highest BCUT2D eigenvalue weighted by Gasteiger charge is 2.27. The van der Waals surface area contributed by atoms with Gasteiger partial charge in [-0.25, -0.2) is 8.42 Å². The van der Waals surface area contributed by atoms with Crippen molar-refractivity contribution in [3.63, 3.8) is 0 Å². The van der Waals surface area contributed by atoms with Crippen LogP contribution in [0.25, 0.3) is 0 Å². The van der Waals surface area contributed by atoms with Crippen molar-refractivity contribution in [3.05, 3.63) is 0 Å². The van der Waals surface area contributed by atoms with Crippen molar-refractivity contribution in [1.29, 1.82) is 0 Å². The van der Waals surface area contributed by atoms with Gasteiger partial charge in [0.05, 0.1) is 12.4 Å². The molecular weight excluding hydrogens is 228 g/mol. The van der Waals surface area contributed by atoms with Crippen molar-refractivity contribution in [2.75, 3.05) is 32.5 Å². The Kier molecular flexibility index (Phi) is 5.17. The zero-order chi connectivity index (χ0) is 12.2. The van der Waals surface area contributed by atoms with Gasteiger partial charge in [0, 0.05) is 13.1 Å². The molecule has 5 nitrogen and oxygen atoms in total. The Morgan fingerprint density at radius 1 is 1.56 bits per heavy atom. The lowest BCUT2D eigenvalue weighted by Gasteiger charge is -2.27. The van der Waals surface area contributed by atoms with Crippen molar-refractivity contribution >= 4 is 10.0 Å². The van der Waals surface area contributed by atoms with Crippen molar-refractivity contribution in [1.82, 2.24) is 9.62 Å². The van der Waals surface area contributed by atoms with Crippen LogP contribution in [0.1, 0.15) is 19.8 Å². The predicted molar refractivity (Wildman–Crippen MR) is 63.7 cm³/mol. The van der Waals surface area contributed by atoms with Gasteiger partial charge in [0.15, 0.2) is 0 Å². The van der Waals surface area contributed by atoms with Crippen molar-refractivity contribution < 1.29 is 13.5 Å². The number of sulfonamides is 1. The summed E-state index contributed by atoms with van der Waals surface area (Å²) in [7, 11) is -1.70. The number of nitrogens with zero attached hydrogens (tertiary/aromatic N) is 1. The summed E-state index contributed by atoms with van der Waals surface area (Å²) in [6, 6.07) is -0.346. The highest BCUT2D eigenvalue weighted by atomic mass is 32.2. The molecule has 2 unspecified atom stereocenters. The van der Waals surface area contributed by atoms with Crippen molar-refractivity contribution in [3.8, 4) is 0 Å². The van der Waals surface area contributed by atoms with Gasteiger partial charge in [-0.05, 0) is 38.8 Å². The largest absolute Gasteiger partial charge is 0.395 e. The molecule has 1 heterocycles. The second-order valence-electron chi connectivity index (χ2n) is 4.54. The molecule has 0 radical (unpaired) electrons. The highest BCUT2D eigenvalue weighted by molar-refractivity contribution is 7.89. The van der Waals surface area contributed by atoms with E-state index in [1.165, 1.54) is 11.4 Å².